The topological polar surface area (TPSA) is 52.6 Å². The Kier molecular flexibility index (Phi) is 12.3. The molecule has 0 aliphatic carbocycles. The minimum absolute atomic E-state index is 0.326. The van der Waals surface area contributed by atoms with Gasteiger partial charge in [0.15, 0.2) is 0 Å². The van der Waals surface area contributed by atoms with Gasteiger partial charge < -0.3 is 9.47 Å². The van der Waals surface area contributed by atoms with Gasteiger partial charge in [-0.15, -0.1) is 0 Å². The minimum atomic E-state index is -0.446. The van der Waals surface area contributed by atoms with E-state index in [-0.39, 0.29) is 5.97 Å². The van der Waals surface area contributed by atoms with E-state index >= 15 is 0 Å². The molecular formula is C24H34O4. The summed E-state index contributed by atoms with van der Waals surface area (Å²) in [4.78, 5) is 21.7. The van der Waals surface area contributed by atoms with Crippen LogP contribution in [-0.4, -0.2) is 18.5 Å². The van der Waals surface area contributed by atoms with Crippen LogP contribution in [-0.2, 0) is 19.1 Å². The Bertz CT molecular complexity index is 626. The zero-order valence-electron chi connectivity index (χ0n) is 17.6. The predicted octanol–water partition coefficient (Wildman–Crippen LogP) is 5.82. The second-order valence-electron chi connectivity index (χ2n) is 7.74. The lowest BCUT2D eigenvalue weighted by molar-refractivity contribution is -0.141. The maximum atomic E-state index is 11.0. The largest absolute Gasteiger partial charge is 0.463 e. The van der Waals surface area contributed by atoms with E-state index in [1.165, 1.54) is 6.08 Å². The van der Waals surface area contributed by atoms with Crippen LogP contribution in [0.15, 0.2) is 68.3 Å². The molecule has 2 atom stereocenters. The third-order valence-corrected chi connectivity index (χ3v) is 3.73. The van der Waals surface area contributed by atoms with E-state index in [0.717, 1.165) is 24.5 Å². The Hall–Kier alpha value is -2.62. The van der Waals surface area contributed by atoms with E-state index in [2.05, 4.69) is 47.4 Å². The van der Waals surface area contributed by atoms with Crippen LogP contribution in [0.2, 0.25) is 0 Å². The fraction of sp³-hybridized carbons (Fsp3) is 0.417. The molecule has 0 bridgehead atoms. The average Bonchev–Trinajstić information content (AvgIpc) is 2.65. The monoisotopic (exact) mass is 386 g/mol. The fourth-order valence-electron chi connectivity index (χ4n) is 2.64. The zero-order chi connectivity index (χ0) is 21.6. The Balaban J connectivity index is 0.000000521. The molecular weight excluding hydrogens is 352 g/mol. The van der Waals surface area contributed by atoms with E-state index in [0.29, 0.717) is 17.9 Å². The van der Waals surface area contributed by atoms with Gasteiger partial charge in [0, 0.05) is 12.2 Å². The summed E-state index contributed by atoms with van der Waals surface area (Å²) < 4.78 is 9.98. The number of carbonyl (C=O) groups is 2. The molecule has 154 valence electrons. The molecule has 0 amide bonds. The molecule has 0 saturated heterocycles. The predicted molar refractivity (Wildman–Crippen MR) is 115 cm³/mol. The van der Waals surface area contributed by atoms with Crippen molar-refractivity contribution in [2.75, 3.05) is 6.61 Å². The van der Waals surface area contributed by atoms with Crippen molar-refractivity contribution < 1.29 is 19.1 Å². The molecule has 0 fully saturated rings. The highest BCUT2D eigenvalue weighted by Crippen LogP contribution is 2.25. The first kappa shape index (κ1) is 25.4. The maximum Gasteiger partial charge on any atom is 0.331 e. The summed E-state index contributed by atoms with van der Waals surface area (Å²) in [6.45, 7) is 19.6. The van der Waals surface area contributed by atoms with E-state index in [4.69, 9.17) is 9.47 Å². The molecule has 0 radical (unpaired) electrons. The van der Waals surface area contributed by atoms with Crippen LogP contribution in [0, 0.1) is 11.3 Å². The standard InChI is InChI=1S/C12H12O2.C12H22O2/c1-3-11(14-12(13)4-2)10-8-6-5-7-9-10;1-6-11(13)14-8-7-10(2)9-12(3,4)5/h3-9,11H,1-2H2;6,10H,1,7-9H2,2-5H3. The van der Waals surface area contributed by atoms with Crippen molar-refractivity contribution in [1.82, 2.24) is 0 Å². The molecule has 4 nitrogen and oxygen atoms in total. The van der Waals surface area contributed by atoms with Crippen molar-refractivity contribution >= 4 is 11.9 Å². The van der Waals surface area contributed by atoms with E-state index in [1.807, 2.05) is 30.3 Å². The fourth-order valence-corrected chi connectivity index (χ4v) is 2.64. The molecule has 4 heteroatoms. The van der Waals surface area contributed by atoms with Gasteiger partial charge in [-0.1, -0.05) is 77.8 Å². The maximum absolute atomic E-state index is 11.0. The van der Waals surface area contributed by atoms with Crippen LogP contribution < -0.4 is 0 Å². The van der Waals surface area contributed by atoms with Gasteiger partial charge in [-0.3, -0.25) is 0 Å². The summed E-state index contributed by atoms with van der Waals surface area (Å²) in [7, 11) is 0. The smallest absolute Gasteiger partial charge is 0.331 e. The Morgan fingerprint density at radius 2 is 1.61 bits per heavy atom. The second-order valence-corrected chi connectivity index (χ2v) is 7.74. The molecule has 2 unspecified atom stereocenters. The molecule has 1 aromatic rings. The number of hydrogen-bond donors (Lipinski definition) is 0. The first-order chi connectivity index (χ1) is 13.1. The minimum Gasteiger partial charge on any atom is -0.463 e. The lowest BCUT2D eigenvalue weighted by atomic mass is 9.84. The van der Waals surface area contributed by atoms with Gasteiger partial charge >= 0.3 is 11.9 Å². The SMILES string of the molecule is C=CC(=O)OC(C=C)c1ccccc1.C=CC(=O)OCCC(C)CC(C)(C)C. The lowest BCUT2D eigenvalue weighted by Crippen LogP contribution is -2.13. The molecule has 0 aliphatic rings. The molecule has 0 N–H and O–H groups in total. The molecule has 28 heavy (non-hydrogen) atoms. The lowest BCUT2D eigenvalue weighted by Gasteiger charge is -2.22. The Labute approximate surface area is 169 Å². The number of hydrogen-bond acceptors (Lipinski definition) is 4. The molecule has 1 rings (SSSR count). The zero-order valence-corrected chi connectivity index (χ0v) is 17.6. The third-order valence-electron chi connectivity index (χ3n) is 3.73. The number of rotatable bonds is 9. The van der Waals surface area contributed by atoms with Crippen molar-refractivity contribution in [2.24, 2.45) is 11.3 Å². The first-order valence-corrected chi connectivity index (χ1v) is 9.42. The van der Waals surface area contributed by atoms with Gasteiger partial charge in [-0.25, -0.2) is 9.59 Å². The van der Waals surface area contributed by atoms with Gasteiger partial charge in [-0.2, -0.15) is 0 Å². The van der Waals surface area contributed by atoms with Crippen LogP contribution in [0.5, 0.6) is 0 Å². The van der Waals surface area contributed by atoms with Crippen LogP contribution in [0.1, 0.15) is 52.2 Å². The van der Waals surface area contributed by atoms with Crippen molar-refractivity contribution in [1.29, 1.82) is 0 Å². The summed E-state index contributed by atoms with van der Waals surface area (Å²) >= 11 is 0. The highest BCUT2D eigenvalue weighted by Gasteiger charge is 2.15. The first-order valence-electron chi connectivity index (χ1n) is 9.42. The van der Waals surface area contributed by atoms with E-state index in [1.54, 1.807) is 6.08 Å². The molecule has 0 aromatic heterocycles. The molecule has 0 heterocycles. The van der Waals surface area contributed by atoms with Crippen LogP contribution in [0.4, 0.5) is 0 Å². The van der Waals surface area contributed by atoms with Crippen molar-refractivity contribution in [3.05, 3.63) is 73.9 Å². The number of ether oxygens (including phenoxy) is 2. The van der Waals surface area contributed by atoms with E-state index < -0.39 is 12.1 Å². The highest BCUT2D eigenvalue weighted by atomic mass is 16.5. The summed E-state index contributed by atoms with van der Waals surface area (Å²) in [5, 5.41) is 0. The summed E-state index contributed by atoms with van der Waals surface area (Å²) in [5.41, 5.74) is 1.25. The van der Waals surface area contributed by atoms with Gasteiger partial charge in [0.2, 0.25) is 0 Å². The quantitative estimate of drug-likeness (QED) is 0.305. The summed E-state index contributed by atoms with van der Waals surface area (Å²) in [6.07, 6.45) is 5.60. The average molecular weight is 387 g/mol. The molecule has 0 saturated carbocycles. The second kappa shape index (κ2) is 13.5. The molecule has 1 aromatic carbocycles. The third kappa shape index (κ3) is 12.7. The van der Waals surface area contributed by atoms with Crippen molar-refractivity contribution in [2.45, 2.75) is 46.6 Å². The Morgan fingerprint density at radius 3 is 2.07 bits per heavy atom. The molecule has 0 spiro atoms. The van der Waals surface area contributed by atoms with Gasteiger partial charge in [0.25, 0.3) is 0 Å². The van der Waals surface area contributed by atoms with Crippen LogP contribution in [0.25, 0.3) is 0 Å². The summed E-state index contributed by atoms with van der Waals surface area (Å²) in [5.74, 6) is -0.181. The van der Waals surface area contributed by atoms with Crippen molar-refractivity contribution in [3.8, 4) is 0 Å². The van der Waals surface area contributed by atoms with Gasteiger partial charge in [0.1, 0.15) is 6.10 Å². The van der Waals surface area contributed by atoms with Crippen LogP contribution >= 0.6 is 0 Å². The number of carbonyl (C=O) groups excluding carboxylic acids is 2. The van der Waals surface area contributed by atoms with E-state index in [9.17, 15) is 9.59 Å². The highest BCUT2D eigenvalue weighted by molar-refractivity contribution is 5.81. The Morgan fingerprint density at radius 1 is 1.04 bits per heavy atom. The normalized spacial score (nSPS) is 12.4. The van der Waals surface area contributed by atoms with Crippen LogP contribution in [0.3, 0.4) is 0 Å². The van der Waals surface area contributed by atoms with Crippen molar-refractivity contribution in [3.63, 3.8) is 0 Å². The number of benzene rings is 1. The molecule has 0 aliphatic heterocycles. The van der Waals surface area contributed by atoms with Gasteiger partial charge in [0.05, 0.1) is 6.61 Å². The van der Waals surface area contributed by atoms with Gasteiger partial charge in [-0.05, 0) is 35.8 Å². The number of esters is 2. The summed E-state index contributed by atoms with van der Waals surface area (Å²) in [6, 6.07) is 9.42.